The molecule has 0 atom stereocenters. The van der Waals surface area contributed by atoms with Crippen molar-refractivity contribution in [3.05, 3.63) is 107 Å². The molecule has 1 aliphatic rings. The second-order valence-corrected chi connectivity index (χ2v) is 11.5. The molecule has 4 rings (SSSR count). The van der Waals surface area contributed by atoms with E-state index in [1.165, 1.54) is 39.2 Å². The van der Waals surface area contributed by atoms with Crippen LogP contribution in [-0.2, 0) is 6.32 Å². The van der Waals surface area contributed by atoms with E-state index in [2.05, 4.69) is 144 Å². The molecule has 0 saturated heterocycles. The van der Waals surface area contributed by atoms with Crippen LogP contribution in [0, 0.1) is 0 Å². The Morgan fingerprint density at radius 2 is 0.861 bits per heavy atom. The second kappa shape index (κ2) is 11.0. The van der Waals surface area contributed by atoms with Gasteiger partial charge in [-0.3, -0.25) is 0 Å². The van der Waals surface area contributed by atoms with Crippen LogP contribution in [0.25, 0.3) is 0 Å². The van der Waals surface area contributed by atoms with E-state index in [9.17, 15) is 0 Å². The number of hydrogen-bond acceptors (Lipinski definition) is 2. The first-order chi connectivity index (χ1) is 17.2. The number of nitrogens with zero attached hydrogens (tertiary/aromatic N) is 2. The fraction of sp³-hybridized carbons (Fsp3) is 0.394. The molecule has 188 valence electrons. The van der Waals surface area contributed by atoms with Crippen LogP contribution in [0.4, 0.5) is 11.4 Å². The van der Waals surface area contributed by atoms with Crippen molar-refractivity contribution in [1.82, 2.24) is 0 Å². The highest BCUT2D eigenvalue weighted by Gasteiger charge is 2.38. The molecule has 0 radical (unpaired) electrons. The lowest BCUT2D eigenvalue weighted by molar-refractivity contribution is 0.830. The second-order valence-electron chi connectivity index (χ2n) is 11.5. The van der Waals surface area contributed by atoms with Crippen molar-refractivity contribution >= 4 is 18.4 Å². The van der Waals surface area contributed by atoms with E-state index in [4.69, 9.17) is 0 Å². The summed E-state index contributed by atoms with van der Waals surface area (Å²) < 4.78 is 0. The zero-order valence-electron chi connectivity index (χ0n) is 23.5. The molecule has 3 aromatic carbocycles. The quantitative estimate of drug-likeness (QED) is 0.298. The van der Waals surface area contributed by atoms with Gasteiger partial charge in [-0.15, -0.1) is 0 Å². The van der Waals surface area contributed by atoms with Gasteiger partial charge in [0.2, 0.25) is 0 Å². The van der Waals surface area contributed by atoms with Crippen molar-refractivity contribution in [2.75, 3.05) is 9.62 Å². The van der Waals surface area contributed by atoms with Gasteiger partial charge in [0, 0.05) is 23.8 Å². The number of benzene rings is 3. The molecule has 0 N–H and O–H groups in total. The Morgan fingerprint density at radius 1 is 0.500 bits per heavy atom. The summed E-state index contributed by atoms with van der Waals surface area (Å²) in [5.41, 5.74) is 9.83. The molecule has 0 aromatic heterocycles. The zero-order valence-corrected chi connectivity index (χ0v) is 23.5. The van der Waals surface area contributed by atoms with E-state index in [0.29, 0.717) is 23.7 Å². The predicted molar refractivity (Wildman–Crippen MR) is 159 cm³/mol. The Labute approximate surface area is 220 Å². The Kier molecular flexibility index (Phi) is 7.98. The summed E-state index contributed by atoms with van der Waals surface area (Å²) in [4.78, 5) is 5.14. The summed E-state index contributed by atoms with van der Waals surface area (Å²) in [6.07, 6.45) is 5.62. The van der Waals surface area contributed by atoms with Crippen LogP contribution in [-0.4, -0.2) is 6.98 Å². The van der Waals surface area contributed by atoms with E-state index < -0.39 is 0 Å². The van der Waals surface area contributed by atoms with Gasteiger partial charge >= 0.3 is 6.98 Å². The van der Waals surface area contributed by atoms with Gasteiger partial charge in [-0.2, -0.15) is 0 Å². The van der Waals surface area contributed by atoms with Crippen LogP contribution >= 0.6 is 0 Å². The third-order valence-electron chi connectivity index (χ3n) is 7.49. The molecule has 36 heavy (non-hydrogen) atoms. The number of rotatable bonds is 8. The molecule has 0 saturated carbocycles. The molecule has 2 nitrogen and oxygen atoms in total. The summed E-state index contributed by atoms with van der Waals surface area (Å²) in [7, 11) is 0. The molecular formula is C33H43BN2. The maximum absolute atomic E-state index is 2.57. The normalized spacial score (nSPS) is 13.8. The smallest absolute Gasteiger partial charge is 0.370 e. The Bertz CT molecular complexity index is 1070. The standard InChI is InChI=1S/C33H43BN2/c1-23(2)28-16-12-17-29(24(3)4)32(28)35-20-21-36(34(35)22-27-14-10-9-11-15-27)33-30(25(5)6)18-13-19-31(33)26(7)8/h9-21,23-26H,22H2,1-8H3. The Balaban J connectivity index is 1.92. The highest BCUT2D eigenvalue weighted by molar-refractivity contribution is 6.69. The molecule has 1 aliphatic heterocycles. The van der Waals surface area contributed by atoms with Crippen LogP contribution in [0.1, 0.15) is 107 Å². The van der Waals surface area contributed by atoms with Gasteiger partial charge in [0.15, 0.2) is 0 Å². The molecule has 0 bridgehead atoms. The molecule has 0 aliphatic carbocycles. The van der Waals surface area contributed by atoms with Gasteiger partial charge in [-0.25, -0.2) is 0 Å². The van der Waals surface area contributed by atoms with Crippen LogP contribution in [0.5, 0.6) is 0 Å². The van der Waals surface area contributed by atoms with Gasteiger partial charge in [-0.1, -0.05) is 128 Å². The van der Waals surface area contributed by atoms with E-state index in [-0.39, 0.29) is 6.98 Å². The first kappa shape index (κ1) is 26.1. The van der Waals surface area contributed by atoms with Gasteiger partial charge < -0.3 is 9.62 Å². The number of para-hydroxylation sites is 2. The lowest BCUT2D eigenvalue weighted by atomic mass is 9.65. The first-order valence-corrected chi connectivity index (χ1v) is 13.7. The molecule has 0 fully saturated rings. The Morgan fingerprint density at radius 3 is 1.19 bits per heavy atom. The summed E-state index contributed by atoms with van der Waals surface area (Å²) >= 11 is 0. The molecule has 1 heterocycles. The van der Waals surface area contributed by atoms with Crippen molar-refractivity contribution in [3.63, 3.8) is 0 Å². The average Bonchev–Trinajstić information content (AvgIpc) is 3.26. The largest absolute Gasteiger partial charge is 0.388 e. The van der Waals surface area contributed by atoms with Crippen LogP contribution < -0.4 is 9.62 Å². The SMILES string of the molecule is CC(C)c1cccc(C(C)C)c1N1C=CN(c2c(C(C)C)cccc2C(C)C)B1Cc1ccccc1. The topological polar surface area (TPSA) is 6.48 Å². The number of anilines is 2. The summed E-state index contributed by atoms with van der Waals surface area (Å²) in [6.45, 7) is 18.7. The highest BCUT2D eigenvalue weighted by Crippen LogP contribution is 2.42. The summed E-state index contributed by atoms with van der Waals surface area (Å²) in [5, 5.41) is 0. The predicted octanol–water partition coefficient (Wildman–Crippen LogP) is 9.25. The van der Waals surface area contributed by atoms with Gasteiger partial charge in [0.05, 0.1) is 0 Å². The molecule has 3 aromatic rings. The van der Waals surface area contributed by atoms with Crippen LogP contribution in [0.2, 0.25) is 0 Å². The zero-order chi connectivity index (χ0) is 26.0. The van der Waals surface area contributed by atoms with Gasteiger partial charge in [0.1, 0.15) is 0 Å². The van der Waals surface area contributed by atoms with E-state index in [0.717, 1.165) is 6.32 Å². The minimum atomic E-state index is 0.169. The maximum atomic E-state index is 2.57. The monoisotopic (exact) mass is 478 g/mol. The molecule has 0 unspecified atom stereocenters. The minimum Gasteiger partial charge on any atom is -0.370 e. The van der Waals surface area contributed by atoms with E-state index >= 15 is 0 Å². The minimum absolute atomic E-state index is 0.169. The maximum Gasteiger partial charge on any atom is 0.388 e. The first-order valence-electron chi connectivity index (χ1n) is 13.7. The van der Waals surface area contributed by atoms with Crippen molar-refractivity contribution in [2.45, 2.75) is 85.4 Å². The molecule has 3 heteroatoms. The van der Waals surface area contributed by atoms with Crippen molar-refractivity contribution in [2.24, 2.45) is 0 Å². The van der Waals surface area contributed by atoms with Crippen LogP contribution in [0.3, 0.4) is 0 Å². The third kappa shape index (κ3) is 5.12. The Hall–Kier alpha value is -2.94. The van der Waals surface area contributed by atoms with Crippen molar-refractivity contribution in [1.29, 1.82) is 0 Å². The van der Waals surface area contributed by atoms with Crippen molar-refractivity contribution < 1.29 is 0 Å². The summed E-state index contributed by atoms with van der Waals surface area (Å²) in [5.74, 6) is 1.81. The average molecular weight is 479 g/mol. The third-order valence-corrected chi connectivity index (χ3v) is 7.49. The van der Waals surface area contributed by atoms with Crippen molar-refractivity contribution in [3.8, 4) is 0 Å². The highest BCUT2D eigenvalue weighted by atomic mass is 15.3. The van der Waals surface area contributed by atoms with Gasteiger partial charge in [-0.05, 0) is 52.2 Å². The lowest BCUT2D eigenvalue weighted by Gasteiger charge is -2.36. The molecule has 0 amide bonds. The van der Waals surface area contributed by atoms with E-state index in [1.54, 1.807) is 0 Å². The fourth-order valence-corrected chi connectivity index (χ4v) is 5.56. The van der Waals surface area contributed by atoms with Crippen LogP contribution in [0.15, 0.2) is 79.1 Å². The molecule has 0 spiro atoms. The lowest BCUT2D eigenvalue weighted by Crippen LogP contribution is -2.47. The van der Waals surface area contributed by atoms with Gasteiger partial charge in [0.25, 0.3) is 0 Å². The molecular weight excluding hydrogens is 435 g/mol. The number of hydrogen-bond donors (Lipinski definition) is 0. The fourth-order valence-electron chi connectivity index (χ4n) is 5.56. The summed E-state index contributed by atoms with van der Waals surface area (Å²) in [6, 6.07) is 24.7. The van der Waals surface area contributed by atoms with E-state index in [1.807, 2.05) is 0 Å².